The molecule has 0 aliphatic heterocycles. The molecule has 3 nitrogen and oxygen atoms in total. The summed E-state index contributed by atoms with van der Waals surface area (Å²) in [4.78, 5) is 16.1. The van der Waals surface area contributed by atoms with Crippen molar-refractivity contribution < 1.29 is 4.79 Å². The van der Waals surface area contributed by atoms with Crippen LogP contribution in [-0.4, -0.2) is 10.8 Å². The van der Waals surface area contributed by atoms with Gasteiger partial charge in [0.05, 0.1) is 0 Å². The van der Waals surface area contributed by atoms with Crippen LogP contribution >= 0.6 is 0 Å². The molecule has 0 aliphatic rings. The summed E-state index contributed by atoms with van der Waals surface area (Å²) in [6, 6.07) is 13.4. The molecule has 2 N–H and O–H groups in total. The van der Waals surface area contributed by atoms with Gasteiger partial charge in [-0.3, -0.25) is 9.78 Å². The van der Waals surface area contributed by atoms with Crippen molar-refractivity contribution in [3.63, 3.8) is 0 Å². The number of aromatic nitrogens is 1. The van der Waals surface area contributed by atoms with Crippen LogP contribution < -0.4 is 5.73 Å². The van der Waals surface area contributed by atoms with E-state index < -0.39 is 0 Å². The molecule has 0 aliphatic carbocycles. The fourth-order valence-electron chi connectivity index (χ4n) is 1.93. The number of nitrogens with zero attached hydrogens (tertiary/aromatic N) is 1. The average Bonchev–Trinajstić information content (AvgIpc) is 2.46. The van der Waals surface area contributed by atoms with Crippen molar-refractivity contribution >= 4 is 5.78 Å². The van der Waals surface area contributed by atoms with E-state index in [1.165, 1.54) is 0 Å². The molecule has 1 aromatic carbocycles. The fraction of sp³-hybridized carbons (Fsp3) is 0.250. The van der Waals surface area contributed by atoms with Crippen LogP contribution in [0.15, 0.2) is 48.7 Å². The van der Waals surface area contributed by atoms with Crippen molar-refractivity contribution in [2.24, 2.45) is 5.73 Å². The zero-order valence-corrected chi connectivity index (χ0v) is 11.0. The molecule has 0 radical (unpaired) electrons. The molecule has 98 valence electrons. The topological polar surface area (TPSA) is 56.0 Å². The van der Waals surface area contributed by atoms with Crippen LogP contribution in [0.2, 0.25) is 0 Å². The van der Waals surface area contributed by atoms with Crippen LogP contribution in [0.3, 0.4) is 0 Å². The Kier molecular flexibility index (Phi) is 4.42. The molecule has 1 aromatic heterocycles. The smallest absolute Gasteiger partial charge is 0.164 e. The molecule has 1 heterocycles. The molecule has 0 fully saturated rings. The van der Waals surface area contributed by atoms with Crippen molar-refractivity contribution in [1.82, 2.24) is 4.98 Å². The van der Waals surface area contributed by atoms with E-state index in [0.29, 0.717) is 18.4 Å². The summed E-state index contributed by atoms with van der Waals surface area (Å²) in [6.07, 6.45) is 2.73. The average molecular weight is 254 g/mol. The summed E-state index contributed by atoms with van der Waals surface area (Å²) < 4.78 is 0. The highest BCUT2D eigenvalue weighted by Gasteiger charge is 2.10. The second kappa shape index (κ2) is 6.25. The van der Waals surface area contributed by atoms with E-state index in [0.717, 1.165) is 11.3 Å². The zero-order chi connectivity index (χ0) is 13.7. The molecule has 1 unspecified atom stereocenters. The number of Topliss-reactive ketones (excluding diaryl/α,β-unsaturated/α-hetero) is 1. The summed E-state index contributed by atoms with van der Waals surface area (Å²) in [5, 5.41) is 0. The highest BCUT2D eigenvalue weighted by atomic mass is 16.1. The van der Waals surface area contributed by atoms with Crippen LogP contribution in [0.5, 0.6) is 0 Å². The third-order valence-corrected chi connectivity index (χ3v) is 3.14. The van der Waals surface area contributed by atoms with E-state index in [-0.39, 0.29) is 11.8 Å². The number of hydrogen-bond donors (Lipinski definition) is 1. The van der Waals surface area contributed by atoms with Gasteiger partial charge in [-0.25, -0.2) is 0 Å². The van der Waals surface area contributed by atoms with Crippen molar-refractivity contribution in [3.8, 4) is 0 Å². The van der Waals surface area contributed by atoms with Gasteiger partial charge in [-0.05, 0) is 31.0 Å². The Morgan fingerprint density at radius 3 is 2.58 bits per heavy atom. The van der Waals surface area contributed by atoms with Crippen LogP contribution in [0.4, 0.5) is 0 Å². The van der Waals surface area contributed by atoms with Gasteiger partial charge in [-0.15, -0.1) is 0 Å². The Morgan fingerprint density at radius 2 is 1.95 bits per heavy atom. The lowest BCUT2D eigenvalue weighted by Gasteiger charge is -2.11. The van der Waals surface area contributed by atoms with Gasteiger partial charge in [0.25, 0.3) is 0 Å². The Hall–Kier alpha value is -2.00. The number of benzene rings is 1. The Bertz CT molecular complexity index is 534. The maximum Gasteiger partial charge on any atom is 0.164 e. The van der Waals surface area contributed by atoms with E-state index in [9.17, 15) is 4.79 Å². The molecule has 0 saturated carbocycles. The largest absolute Gasteiger partial charge is 0.324 e. The van der Waals surface area contributed by atoms with Gasteiger partial charge < -0.3 is 5.73 Å². The molecule has 2 rings (SSSR count). The quantitative estimate of drug-likeness (QED) is 0.834. The first-order valence-corrected chi connectivity index (χ1v) is 6.43. The predicted molar refractivity (Wildman–Crippen MR) is 75.9 cm³/mol. The van der Waals surface area contributed by atoms with Crippen LogP contribution in [0.1, 0.15) is 40.5 Å². The minimum atomic E-state index is -0.0939. The van der Waals surface area contributed by atoms with E-state index in [4.69, 9.17) is 5.73 Å². The molecule has 19 heavy (non-hydrogen) atoms. The number of aryl methyl sites for hydroxylation is 1. The van der Waals surface area contributed by atoms with Crippen molar-refractivity contribution in [3.05, 3.63) is 65.5 Å². The summed E-state index contributed by atoms with van der Waals surface area (Å²) in [6.45, 7) is 1.90. The first-order valence-electron chi connectivity index (χ1n) is 6.43. The Morgan fingerprint density at radius 1 is 1.21 bits per heavy atom. The van der Waals surface area contributed by atoms with Gasteiger partial charge in [-0.2, -0.15) is 0 Å². The number of nitrogens with two attached hydrogens (primary N) is 1. The standard InChI is InChI=1S/C16H18N2O/c1-12-7-8-14(11-18-12)16(19)10-9-15(17)13-5-3-2-4-6-13/h2-8,11,15H,9-10,17H2,1H3. The summed E-state index contributed by atoms with van der Waals surface area (Å²) >= 11 is 0. The minimum absolute atomic E-state index is 0.0939. The van der Waals surface area contributed by atoms with Crippen molar-refractivity contribution in [1.29, 1.82) is 0 Å². The van der Waals surface area contributed by atoms with Crippen molar-refractivity contribution in [2.75, 3.05) is 0 Å². The molecule has 0 spiro atoms. The molecule has 1 atom stereocenters. The van der Waals surface area contributed by atoms with Gasteiger partial charge in [0.2, 0.25) is 0 Å². The van der Waals surface area contributed by atoms with E-state index in [2.05, 4.69) is 4.98 Å². The van der Waals surface area contributed by atoms with Crippen LogP contribution in [0, 0.1) is 6.92 Å². The number of hydrogen-bond acceptors (Lipinski definition) is 3. The maximum atomic E-state index is 12.0. The number of rotatable bonds is 5. The Balaban J connectivity index is 1.92. The first kappa shape index (κ1) is 13.4. The summed E-state index contributed by atoms with van der Waals surface area (Å²) in [5.74, 6) is 0.0962. The SMILES string of the molecule is Cc1ccc(C(=O)CCC(N)c2ccccc2)cn1. The second-order valence-electron chi connectivity index (χ2n) is 4.67. The van der Waals surface area contributed by atoms with Gasteiger partial charge in [0.15, 0.2) is 5.78 Å². The van der Waals surface area contributed by atoms with Crippen molar-refractivity contribution in [2.45, 2.75) is 25.8 Å². The molecule has 0 bridgehead atoms. The third kappa shape index (κ3) is 3.73. The molecular formula is C16H18N2O. The third-order valence-electron chi connectivity index (χ3n) is 3.14. The predicted octanol–water partition coefficient (Wildman–Crippen LogP) is 3.05. The van der Waals surface area contributed by atoms with E-state index >= 15 is 0 Å². The second-order valence-corrected chi connectivity index (χ2v) is 4.67. The first-order chi connectivity index (χ1) is 9.16. The lowest BCUT2D eigenvalue weighted by atomic mass is 9.99. The minimum Gasteiger partial charge on any atom is -0.324 e. The lowest BCUT2D eigenvalue weighted by molar-refractivity contribution is 0.0977. The Labute approximate surface area is 113 Å². The van der Waals surface area contributed by atoms with Gasteiger partial charge in [0.1, 0.15) is 0 Å². The fourth-order valence-corrected chi connectivity index (χ4v) is 1.93. The molecular weight excluding hydrogens is 236 g/mol. The summed E-state index contributed by atoms with van der Waals surface area (Å²) in [5.41, 5.74) is 8.72. The van der Waals surface area contributed by atoms with Crippen LogP contribution in [0.25, 0.3) is 0 Å². The molecule has 2 aromatic rings. The number of carbonyl (C=O) groups excluding carboxylic acids is 1. The highest BCUT2D eigenvalue weighted by Crippen LogP contribution is 2.16. The highest BCUT2D eigenvalue weighted by molar-refractivity contribution is 5.95. The molecule has 0 amide bonds. The molecule has 3 heteroatoms. The van der Waals surface area contributed by atoms with Gasteiger partial charge >= 0.3 is 0 Å². The zero-order valence-electron chi connectivity index (χ0n) is 11.0. The molecule has 0 saturated heterocycles. The number of carbonyl (C=O) groups is 1. The van der Waals surface area contributed by atoms with Gasteiger partial charge in [-0.1, -0.05) is 30.3 Å². The number of pyridine rings is 1. The normalized spacial score (nSPS) is 12.1. The number of ketones is 1. The van der Waals surface area contributed by atoms with E-state index in [1.807, 2.05) is 49.4 Å². The summed E-state index contributed by atoms with van der Waals surface area (Å²) in [7, 11) is 0. The van der Waals surface area contributed by atoms with Crippen LogP contribution in [-0.2, 0) is 0 Å². The lowest BCUT2D eigenvalue weighted by Crippen LogP contribution is -2.12. The van der Waals surface area contributed by atoms with Gasteiger partial charge in [0, 0.05) is 29.9 Å². The maximum absolute atomic E-state index is 12.0. The van der Waals surface area contributed by atoms with E-state index in [1.54, 1.807) is 6.20 Å². The monoisotopic (exact) mass is 254 g/mol.